The number of likely N-dealkylation sites (tertiary alicyclic amines) is 1. The highest BCUT2D eigenvalue weighted by atomic mass is 16.5. The monoisotopic (exact) mass is 506 g/mol. The summed E-state index contributed by atoms with van der Waals surface area (Å²) in [5, 5.41) is 0. The number of urea groups is 1. The van der Waals surface area contributed by atoms with Crippen molar-refractivity contribution in [1.82, 2.24) is 19.3 Å². The van der Waals surface area contributed by atoms with Gasteiger partial charge in [0.1, 0.15) is 11.2 Å². The minimum atomic E-state index is -1.43. The third-order valence-electron chi connectivity index (χ3n) is 7.85. The van der Waals surface area contributed by atoms with Crippen molar-refractivity contribution < 1.29 is 19.1 Å². The summed E-state index contributed by atoms with van der Waals surface area (Å²) in [4.78, 5) is 56.9. The minimum absolute atomic E-state index is 0.0152. The Morgan fingerprint density at radius 2 is 1.59 bits per heavy atom. The lowest BCUT2D eigenvalue weighted by molar-refractivity contribution is -0.159. The number of hydrogen-bond acceptors (Lipinski definition) is 6. The number of hydrogen-bond donors (Lipinski definition) is 0. The zero-order valence-corrected chi connectivity index (χ0v) is 21.8. The largest absolute Gasteiger partial charge is 0.491 e. The molecular weight excluding hydrogens is 472 g/mol. The lowest BCUT2D eigenvalue weighted by Gasteiger charge is -2.48. The standard InChI is InChI=1S/C28H34N4O5/c1-18(2)37-22-10-8-19(9-11-22)13-28(25(34)29(3)27(36)30(4)26(28)35)17-31-14-20-12-21(16-31)23-6-5-7-24(33)32(23)15-20/h5-11,18,20-21H,12-17H2,1-4H3/t20-,21-/m1/s1. The predicted octanol–water partition coefficient (Wildman–Crippen LogP) is 2.33. The summed E-state index contributed by atoms with van der Waals surface area (Å²) in [6, 6.07) is 12.2. The van der Waals surface area contributed by atoms with Crippen LogP contribution in [0.4, 0.5) is 4.79 Å². The second kappa shape index (κ2) is 9.45. The van der Waals surface area contributed by atoms with Crippen molar-refractivity contribution in [3.8, 4) is 5.75 Å². The van der Waals surface area contributed by atoms with E-state index in [9.17, 15) is 19.2 Å². The Balaban J connectivity index is 1.47. The lowest BCUT2D eigenvalue weighted by atomic mass is 9.75. The number of aromatic nitrogens is 1. The van der Waals surface area contributed by atoms with Gasteiger partial charge in [-0.1, -0.05) is 18.2 Å². The van der Waals surface area contributed by atoms with Gasteiger partial charge in [-0.15, -0.1) is 0 Å². The quantitative estimate of drug-likeness (QED) is 0.559. The van der Waals surface area contributed by atoms with Gasteiger partial charge in [0.05, 0.1) is 6.10 Å². The summed E-state index contributed by atoms with van der Waals surface area (Å²) in [5.41, 5.74) is 0.415. The molecule has 0 aliphatic carbocycles. The lowest BCUT2D eigenvalue weighted by Crippen LogP contribution is -2.67. The maximum Gasteiger partial charge on any atom is 0.332 e. The van der Waals surface area contributed by atoms with Crippen molar-refractivity contribution in [3.63, 3.8) is 0 Å². The van der Waals surface area contributed by atoms with Gasteiger partial charge in [-0.3, -0.25) is 24.2 Å². The number of benzene rings is 1. The first kappa shape index (κ1) is 25.2. The van der Waals surface area contributed by atoms with Crippen LogP contribution in [0.15, 0.2) is 47.3 Å². The zero-order valence-electron chi connectivity index (χ0n) is 21.8. The number of carbonyl (C=O) groups is 3. The number of rotatable bonds is 6. The number of fused-ring (bicyclic) bond motifs is 4. The van der Waals surface area contributed by atoms with E-state index >= 15 is 0 Å². The van der Waals surface area contributed by atoms with Crippen LogP contribution < -0.4 is 10.3 Å². The number of nitrogens with zero attached hydrogens (tertiary/aromatic N) is 4. The van der Waals surface area contributed by atoms with E-state index in [2.05, 4.69) is 4.90 Å². The molecule has 3 aliphatic heterocycles. The fourth-order valence-corrected chi connectivity index (χ4v) is 6.29. The van der Waals surface area contributed by atoms with E-state index < -0.39 is 23.3 Å². The van der Waals surface area contributed by atoms with E-state index in [4.69, 9.17) is 4.74 Å². The van der Waals surface area contributed by atoms with E-state index in [1.807, 2.05) is 48.7 Å². The van der Waals surface area contributed by atoms with Crippen molar-refractivity contribution in [2.75, 3.05) is 33.7 Å². The molecular formula is C28H34N4O5. The number of imide groups is 2. The topological polar surface area (TPSA) is 92.2 Å². The van der Waals surface area contributed by atoms with Gasteiger partial charge in [-0.05, 0) is 56.4 Å². The minimum Gasteiger partial charge on any atom is -0.491 e. The average molecular weight is 507 g/mol. The van der Waals surface area contributed by atoms with Crippen LogP contribution in [0.1, 0.15) is 37.4 Å². The molecule has 37 heavy (non-hydrogen) atoms. The van der Waals surface area contributed by atoms with Crippen LogP contribution in [0.25, 0.3) is 0 Å². The Hall–Kier alpha value is -3.46. The summed E-state index contributed by atoms with van der Waals surface area (Å²) in [6.07, 6.45) is 1.19. The highest BCUT2D eigenvalue weighted by Gasteiger charge is 2.56. The van der Waals surface area contributed by atoms with Crippen LogP contribution in [0.2, 0.25) is 0 Å². The Morgan fingerprint density at radius 3 is 2.24 bits per heavy atom. The fourth-order valence-electron chi connectivity index (χ4n) is 6.29. The molecule has 0 saturated carbocycles. The Bertz CT molecular complexity index is 1260. The third kappa shape index (κ3) is 4.45. The van der Waals surface area contributed by atoms with Gasteiger partial charge in [-0.2, -0.15) is 0 Å². The molecule has 1 aromatic carbocycles. The number of carbonyl (C=O) groups excluding carboxylic acids is 3. The van der Waals surface area contributed by atoms with Gasteiger partial charge in [0.2, 0.25) is 11.8 Å². The normalized spacial score (nSPS) is 23.4. The maximum atomic E-state index is 13.8. The Morgan fingerprint density at radius 1 is 0.919 bits per heavy atom. The number of ether oxygens (including phenoxy) is 1. The van der Waals surface area contributed by atoms with Crippen LogP contribution in [-0.4, -0.2) is 76.9 Å². The highest BCUT2D eigenvalue weighted by Crippen LogP contribution is 2.39. The summed E-state index contributed by atoms with van der Waals surface area (Å²) in [5.74, 6) is 0.167. The molecule has 9 heteroatoms. The van der Waals surface area contributed by atoms with Gasteiger partial charge in [-0.25, -0.2) is 4.79 Å². The van der Waals surface area contributed by atoms with Crippen LogP contribution >= 0.6 is 0 Å². The van der Waals surface area contributed by atoms with Crippen molar-refractivity contribution in [3.05, 3.63) is 64.1 Å². The molecule has 196 valence electrons. The van der Waals surface area contributed by atoms with E-state index in [0.717, 1.165) is 33.2 Å². The third-order valence-corrected chi connectivity index (χ3v) is 7.85. The van der Waals surface area contributed by atoms with Crippen molar-refractivity contribution in [2.45, 2.75) is 45.3 Å². The molecule has 0 unspecified atom stereocenters. The van der Waals surface area contributed by atoms with Crippen LogP contribution in [0.3, 0.4) is 0 Å². The Kier molecular flexibility index (Phi) is 6.43. The smallest absolute Gasteiger partial charge is 0.332 e. The molecule has 0 radical (unpaired) electrons. The molecule has 2 aromatic rings. The second-order valence-electron chi connectivity index (χ2n) is 11.0. The van der Waals surface area contributed by atoms with E-state index in [1.165, 1.54) is 14.1 Å². The predicted molar refractivity (Wildman–Crippen MR) is 137 cm³/mol. The zero-order chi connectivity index (χ0) is 26.5. The molecule has 9 nitrogen and oxygen atoms in total. The van der Waals surface area contributed by atoms with Gasteiger partial charge < -0.3 is 14.2 Å². The van der Waals surface area contributed by atoms with E-state index in [1.54, 1.807) is 12.1 Å². The van der Waals surface area contributed by atoms with Gasteiger partial charge in [0.15, 0.2) is 0 Å². The number of pyridine rings is 1. The fraction of sp³-hybridized carbons (Fsp3) is 0.500. The van der Waals surface area contributed by atoms with E-state index in [-0.39, 0.29) is 36.5 Å². The molecule has 2 atom stereocenters. The summed E-state index contributed by atoms with van der Waals surface area (Å²) >= 11 is 0. The van der Waals surface area contributed by atoms with Gasteiger partial charge in [0, 0.05) is 58.0 Å². The molecule has 1 aromatic heterocycles. The Labute approximate surface area is 216 Å². The molecule has 2 saturated heterocycles. The van der Waals surface area contributed by atoms with Crippen LogP contribution in [0.5, 0.6) is 5.75 Å². The second-order valence-corrected chi connectivity index (χ2v) is 11.0. The number of barbiturate groups is 1. The van der Waals surface area contributed by atoms with Crippen molar-refractivity contribution >= 4 is 17.8 Å². The van der Waals surface area contributed by atoms with E-state index in [0.29, 0.717) is 19.6 Å². The molecule has 2 fully saturated rings. The molecule has 5 rings (SSSR count). The summed E-state index contributed by atoms with van der Waals surface area (Å²) in [7, 11) is 2.88. The molecule has 3 aliphatic rings. The molecule has 0 spiro atoms. The average Bonchev–Trinajstić information content (AvgIpc) is 2.87. The molecule has 0 N–H and O–H groups in total. The van der Waals surface area contributed by atoms with Gasteiger partial charge >= 0.3 is 6.03 Å². The van der Waals surface area contributed by atoms with Gasteiger partial charge in [0.25, 0.3) is 5.56 Å². The summed E-state index contributed by atoms with van der Waals surface area (Å²) in [6.45, 7) is 6.07. The highest BCUT2D eigenvalue weighted by molar-refractivity contribution is 6.19. The molecule has 2 bridgehead atoms. The molecule has 4 amide bonds. The maximum absolute atomic E-state index is 13.8. The van der Waals surface area contributed by atoms with Crippen LogP contribution in [0, 0.1) is 11.3 Å². The van der Waals surface area contributed by atoms with Crippen molar-refractivity contribution in [1.29, 1.82) is 0 Å². The number of amides is 4. The van der Waals surface area contributed by atoms with Crippen LogP contribution in [-0.2, 0) is 22.6 Å². The SMILES string of the molecule is CC(C)Oc1ccc(CC2(CN3C[C@H]4C[C@H](C3)c3cccc(=O)n3C4)C(=O)N(C)C(=O)N(C)C2=O)cc1. The van der Waals surface area contributed by atoms with Crippen molar-refractivity contribution in [2.24, 2.45) is 11.3 Å². The first-order valence-electron chi connectivity index (χ1n) is 12.9. The first-order chi connectivity index (χ1) is 17.6. The number of piperidine rings is 1. The molecule has 4 heterocycles. The first-order valence-corrected chi connectivity index (χ1v) is 12.9. The summed E-state index contributed by atoms with van der Waals surface area (Å²) < 4.78 is 7.61.